The van der Waals surface area contributed by atoms with Crippen LogP contribution in [0.25, 0.3) is 5.69 Å². The normalized spacial score (nSPS) is 10.2. The number of nitrogen functional groups attached to an aromatic ring is 1. The van der Waals surface area contributed by atoms with E-state index in [4.69, 9.17) is 17.2 Å². The van der Waals surface area contributed by atoms with E-state index in [0.717, 1.165) is 0 Å². The van der Waals surface area contributed by atoms with Gasteiger partial charge in [0.1, 0.15) is 0 Å². The van der Waals surface area contributed by atoms with E-state index in [1.165, 1.54) is 29.2 Å². The molecule has 92 valence electrons. The van der Waals surface area contributed by atoms with Gasteiger partial charge in [-0.3, -0.25) is 9.59 Å². The Morgan fingerprint density at radius 1 is 1.11 bits per heavy atom. The molecule has 18 heavy (non-hydrogen) atoms. The fourth-order valence-electron chi connectivity index (χ4n) is 1.50. The van der Waals surface area contributed by atoms with E-state index in [9.17, 15) is 9.59 Å². The fraction of sp³-hybridized carbons (Fsp3) is 0. The second-order valence-electron chi connectivity index (χ2n) is 3.68. The lowest BCUT2D eigenvalue weighted by Gasteiger charge is -2.06. The minimum absolute atomic E-state index is 0.272. The number of primary amides is 2. The molecular weight excluding hydrogens is 234 g/mol. The first-order valence-electron chi connectivity index (χ1n) is 5.03. The molecule has 6 N–H and O–H groups in total. The predicted molar refractivity (Wildman–Crippen MR) is 65.0 cm³/mol. The van der Waals surface area contributed by atoms with Gasteiger partial charge < -0.3 is 17.2 Å². The van der Waals surface area contributed by atoms with Crippen molar-refractivity contribution in [3.05, 3.63) is 41.7 Å². The van der Waals surface area contributed by atoms with Crippen molar-refractivity contribution < 1.29 is 9.59 Å². The van der Waals surface area contributed by atoms with E-state index >= 15 is 0 Å². The lowest BCUT2D eigenvalue weighted by molar-refractivity contribution is 0.0992. The zero-order valence-electron chi connectivity index (χ0n) is 9.33. The van der Waals surface area contributed by atoms with Crippen LogP contribution in [0.4, 0.5) is 5.69 Å². The molecule has 0 bridgehead atoms. The van der Waals surface area contributed by atoms with E-state index in [1.54, 1.807) is 6.07 Å². The van der Waals surface area contributed by atoms with Gasteiger partial charge in [0.2, 0.25) is 5.91 Å². The second kappa shape index (κ2) is 4.21. The Morgan fingerprint density at radius 2 is 1.78 bits per heavy atom. The molecule has 0 radical (unpaired) electrons. The number of carbonyl (C=O) groups excluding carboxylic acids is 2. The second-order valence-corrected chi connectivity index (χ2v) is 3.68. The van der Waals surface area contributed by atoms with Gasteiger partial charge in [-0.1, -0.05) is 0 Å². The van der Waals surface area contributed by atoms with Gasteiger partial charge in [-0.2, -0.15) is 5.10 Å². The molecular formula is C11H11N5O2. The topological polar surface area (TPSA) is 130 Å². The van der Waals surface area contributed by atoms with Gasteiger partial charge in [0.15, 0.2) is 0 Å². The number of amides is 2. The number of benzene rings is 1. The van der Waals surface area contributed by atoms with Gasteiger partial charge in [0, 0.05) is 11.8 Å². The third-order valence-electron chi connectivity index (χ3n) is 2.43. The van der Waals surface area contributed by atoms with Crippen molar-refractivity contribution in [1.29, 1.82) is 0 Å². The zero-order valence-corrected chi connectivity index (χ0v) is 9.33. The van der Waals surface area contributed by atoms with Crippen LogP contribution in [0.15, 0.2) is 30.6 Å². The molecule has 1 aromatic carbocycles. The average molecular weight is 245 g/mol. The Hall–Kier alpha value is -2.83. The molecule has 7 heteroatoms. The number of hydrogen-bond acceptors (Lipinski definition) is 4. The first kappa shape index (κ1) is 11.6. The molecule has 2 aromatic rings. The smallest absolute Gasteiger partial charge is 0.251 e. The minimum atomic E-state index is -0.575. The monoisotopic (exact) mass is 245 g/mol. The van der Waals surface area contributed by atoms with Crippen molar-refractivity contribution in [2.75, 3.05) is 5.73 Å². The summed E-state index contributed by atoms with van der Waals surface area (Å²) in [6.07, 6.45) is 2.79. The summed E-state index contributed by atoms with van der Waals surface area (Å²) in [5, 5.41) is 3.96. The maximum Gasteiger partial charge on any atom is 0.251 e. The summed E-state index contributed by atoms with van der Waals surface area (Å²) in [5.74, 6) is -1.14. The highest BCUT2D eigenvalue weighted by atomic mass is 16.1. The highest BCUT2D eigenvalue weighted by Gasteiger charge is 2.09. The Bertz CT molecular complexity index is 632. The van der Waals surface area contributed by atoms with Crippen molar-refractivity contribution in [2.24, 2.45) is 11.5 Å². The highest BCUT2D eigenvalue weighted by molar-refractivity contribution is 5.94. The van der Waals surface area contributed by atoms with Gasteiger partial charge in [-0.05, 0) is 18.2 Å². The van der Waals surface area contributed by atoms with Crippen molar-refractivity contribution >= 4 is 17.5 Å². The van der Waals surface area contributed by atoms with Crippen LogP contribution in [0.3, 0.4) is 0 Å². The highest BCUT2D eigenvalue weighted by Crippen LogP contribution is 2.18. The van der Waals surface area contributed by atoms with Crippen LogP contribution in [-0.2, 0) is 0 Å². The van der Waals surface area contributed by atoms with Crippen LogP contribution in [0, 0.1) is 0 Å². The predicted octanol–water partition coefficient (Wildman–Crippen LogP) is -0.348. The summed E-state index contributed by atoms with van der Waals surface area (Å²) in [4.78, 5) is 21.9. The Morgan fingerprint density at radius 3 is 2.28 bits per heavy atom. The number of aromatic nitrogens is 2. The molecule has 0 fully saturated rings. The molecule has 0 aliphatic carbocycles. The maximum absolute atomic E-state index is 11.0. The molecule has 0 unspecified atom stereocenters. The Balaban J connectivity index is 2.44. The van der Waals surface area contributed by atoms with Crippen molar-refractivity contribution in [1.82, 2.24) is 9.78 Å². The van der Waals surface area contributed by atoms with Crippen LogP contribution in [0.5, 0.6) is 0 Å². The number of carbonyl (C=O) groups is 2. The lowest BCUT2D eigenvalue weighted by atomic mass is 10.1. The Labute approximate surface area is 102 Å². The lowest BCUT2D eigenvalue weighted by Crippen LogP contribution is -2.12. The molecule has 2 rings (SSSR count). The molecule has 2 amide bonds. The summed E-state index contributed by atoms with van der Waals surface area (Å²) in [6, 6.07) is 4.57. The van der Waals surface area contributed by atoms with Gasteiger partial charge in [-0.25, -0.2) is 4.68 Å². The van der Waals surface area contributed by atoms with E-state index in [0.29, 0.717) is 16.9 Å². The maximum atomic E-state index is 11.0. The van der Waals surface area contributed by atoms with E-state index in [1.807, 2.05) is 0 Å². The zero-order chi connectivity index (χ0) is 13.3. The molecule has 0 spiro atoms. The minimum Gasteiger partial charge on any atom is -0.397 e. The third kappa shape index (κ3) is 2.01. The number of nitrogens with two attached hydrogens (primary N) is 3. The van der Waals surface area contributed by atoms with Crippen LogP contribution in [0.1, 0.15) is 20.7 Å². The van der Waals surface area contributed by atoms with E-state index in [-0.39, 0.29) is 5.56 Å². The van der Waals surface area contributed by atoms with Gasteiger partial charge in [0.05, 0.1) is 23.1 Å². The number of anilines is 1. The molecule has 0 atom stereocenters. The Kier molecular flexibility index (Phi) is 2.72. The summed E-state index contributed by atoms with van der Waals surface area (Å²) in [7, 11) is 0. The SMILES string of the molecule is NC(=O)c1ccc(-n2cc(C(N)=O)cn2)c(N)c1. The quantitative estimate of drug-likeness (QED) is 0.638. The van der Waals surface area contributed by atoms with Crippen LogP contribution in [0.2, 0.25) is 0 Å². The van der Waals surface area contributed by atoms with Crippen LogP contribution >= 0.6 is 0 Å². The standard InChI is InChI=1S/C11H11N5O2/c12-8-3-6(10(13)17)1-2-9(8)16-5-7(4-15-16)11(14)18/h1-5H,12H2,(H2,13,17)(H2,14,18). The molecule has 7 nitrogen and oxygen atoms in total. The number of hydrogen-bond donors (Lipinski definition) is 3. The summed E-state index contributed by atoms with van der Waals surface area (Å²) in [6.45, 7) is 0. The molecule has 0 saturated carbocycles. The molecule has 1 aromatic heterocycles. The summed E-state index contributed by atoms with van der Waals surface area (Å²) < 4.78 is 1.40. The third-order valence-corrected chi connectivity index (χ3v) is 2.43. The number of nitrogens with zero attached hydrogens (tertiary/aromatic N) is 2. The van der Waals surface area contributed by atoms with E-state index < -0.39 is 11.8 Å². The number of rotatable bonds is 3. The molecule has 0 aliphatic heterocycles. The van der Waals surface area contributed by atoms with Gasteiger partial charge in [-0.15, -0.1) is 0 Å². The largest absolute Gasteiger partial charge is 0.397 e. The fourth-order valence-corrected chi connectivity index (χ4v) is 1.50. The first-order chi connectivity index (χ1) is 8.49. The van der Waals surface area contributed by atoms with Crippen molar-refractivity contribution in [2.45, 2.75) is 0 Å². The van der Waals surface area contributed by atoms with Crippen molar-refractivity contribution in [3.8, 4) is 5.69 Å². The van der Waals surface area contributed by atoms with Crippen molar-refractivity contribution in [3.63, 3.8) is 0 Å². The summed E-state index contributed by atoms with van der Waals surface area (Å²) >= 11 is 0. The van der Waals surface area contributed by atoms with Gasteiger partial charge >= 0.3 is 0 Å². The molecule has 0 saturated heterocycles. The molecule has 1 heterocycles. The van der Waals surface area contributed by atoms with Gasteiger partial charge in [0.25, 0.3) is 5.91 Å². The first-order valence-corrected chi connectivity index (χ1v) is 5.03. The van der Waals surface area contributed by atoms with Crippen LogP contribution in [-0.4, -0.2) is 21.6 Å². The summed E-state index contributed by atoms with van der Waals surface area (Å²) in [5.41, 5.74) is 17.5. The molecule has 0 aliphatic rings. The van der Waals surface area contributed by atoms with Crippen LogP contribution < -0.4 is 17.2 Å². The van der Waals surface area contributed by atoms with E-state index in [2.05, 4.69) is 5.10 Å². The average Bonchev–Trinajstić information content (AvgIpc) is 2.78.